The fourth-order valence-corrected chi connectivity index (χ4v) is 2.08. The highest BCUT2D eigenvalue weighted by molar-refractivity contribution is 5.65. The van der Waals surface area contributed by atoms with Crippen molar-refractivity contribution in [2.75, 3.05) is 31.2 Å². The first kappa shape index (κ1) is 12.7. The highest BCUT2D eigenvalue weighted by Gasteiger charge is 2.13. The maximum Gasteiger partial charge on any atom is 0.405 e. The van der Waals surface area contributed by atoms with Gasteiger partial charge in [0.1, 0.15) is 0 Å². The fraction of sp³-hybridized carbons (Fsp3) is 0.462. The van der Waals surface area contributed by atoms with Crippen LogP contribution in [0.4, 0.5) is 10.5 Å². The van der Waals surface area contributed by atoms with Crippen molar-refractivity contribution in [1.82, 2.24) is 5.32 Å². The molecule has 0 spiro atoms. The summed E-state index contributed by atoms with van der Waals surface area (Å²) in [6.45, 7) is 5.08. The van der Waals surface area contributed by atoms with Gasteiger partial charge in [-0.3, -0.25) is 0 Å². The second-order valence-electron chi connectivity index (χ2n) is 4.37. The first-order valence-corrected chi connectivity index (χ1v) is 6.09. The van der Waals surface area contributed by atoms with Crippen LogP contribution >= 0.6 is 0 Å². The number of carboxylic acid groups (broad SMARTS) is 1. The Hall–Kier alpha value is -1.75. The maximum atomic E-state index is 10.6. The van der Waals surface area contributed by atoms with Gasteiger partial charge in [-0.1, -0.05) is 12.1 Å². The van der Waals surface area contributed by atoms with Crippen LogP contribution in [0.5, 0.6) is 0 Å². The second-order valence-corrected chi connectivity index (χ2v) is 4.37. The molecule has 1 saturated heterocycles. The average Bonchev–Trinajstić information content (AvgIpc) is 2.39. The Morgan fingerprint density at radius 1 is 1.44 bits per heavy atom. The van der Waals surface area contributed by atoms with E-state index in [9.17, 15) is 4.79 Å². The molecular weight excluding hydrogens is 232 g/mol. The van der Waals surface area contributed by atoms with Crippen molar-refractivity contribution in [3.63, 3.8) is 0 Å². The van der Waals surface area contributed by atoms with Gasteiger partial charge in [-0.05, 0) is 24.6 Å². The molecule has 0 aliphatic carbocycles. The number of carbonyl (C=O) groups is 1. The molecule has 0 bridgehead atoms. The number of benzene rings is 1. The van der Waals surface area contributed by atoms with Crippen LogP contribution in [0.3, 0.4) is 0 Å². The zero-order valence-corrected chi connectivity index (χ0v) is 10.4. The minimum atomic E-state index is -1.00. The molecule has 1 atom stereocenters. The minimum absolute atomic E-state index is 0.205. The van der Waals surface area contributed by atoms with Crippen molar-refractivity contribution >= 4 is 11.8 Å². The zero-order chi connectivity index (χ0) is 13.0. The number of anilines is 1. The van der Waals surface area contributed by atoms with Gasteiger partial charge in [0, 0.05) is 18.8 Å². The fourth-order valence-electron chi connectivity index (χ4n) is 2.08. The number of hydrogen-bond donors (Lipinski definition) is 2. The lowest BCUT2D eigenvalue weighted by molar-refractivity contribution is 0.122. The van der Waals surface area contributed by atoms with Gasteiger partial charge in [-0.15, -0.1) is 0 Å². The van der Waals surface area contributed by atoms with Crippen LogP contribution in [-0.4, -0.2) is 37.5 Å². The number of nitrogens with zero attached hydrogens (tertiary/aromatic N) is 1. The molecule has 5 nitrogen and oxygen atoms in total. The number of hydrogen-bond acceptors (Lipinski definition) is 3. The molecule has 0 saturated carbocycles. The molecule has 1 fully saturated rings. The van der Waals surface area contributed by atoms with Gasteiger partial charge < -0.3 is 20.1 Å². The molecule has 1 unspecified atom stereocenters. The molecule has 1 aromatic carbocycles. The van der Waals surface area contributed by atoms with Gasteiger partial charge in [0.2, 0.25) is 0 Å². The van der Waals surface area contributed by atoms with Crippen LogP contribution in [-0.2, 0) is 4.74 Å². The Kier molecular flexibility index (Phi) is 4.04. The summed E-state index contributed by atoms with van der Waals surface area (Å²) in [5, 5.41) is 11.2. The summed E-state index contributed by atoms with van der Waals surface area (Å²) in [5.41, 5.74) is 2.09. The molecule has 0 radical (unpaired) electrons. The van der Waals surface area contributed by atoms with Gasteiger partial charge in [-0.25, -0.2) is 4.79 Å². The van der Waals surface area contributed by atoms with Crippen LogP contribution in [0.1, 0.15) is 18.5 Å². The van der Waals surface area contributed by atoms with E-state index >= 15 is 0 Å². The first-order chi connectivity index (χ1) is 8.66. The molecule has 2 rings (SSSR count). The smallest absolute Gasteiger partial charge is 0.405 e. The molecule has 98 valence electrons. The van der Waals surface area contributed by atoms with Crippen molar-refractivity contribution in [3.8, 4) is 0 Å². The predicted octanol–water partition coefficient (Wildman–Crippen LogP) is 1.85. The van der Waals surface area contributed by atoms with E-state index in [2.05, 4.69) is 10.2 Å². The molecule has 5 heteroatoms. The summed E-state index contributed by atoms with van der Waals surface area (Å²) in [4.78, 5) is 12.9. The van der Waals surface area contributed by atoms with Crippen molar-refractivity contribution in [1.29, 1.82) is 0 Å². The second kappa shape index (κ2) is 5.73. The largest absolute Gasteiger partial charge is 0.465 e. The molecule has 2 N–H and O–H groups in total. The number of amides is 1. The lowest BCUT2D eigenvalue weighted by atomic mass is 10.1. The van der Waals surface area contributed by atoms with E-state index in [4.69, 9.17) is 9.84 Å². The summed E-state index contributed by atoms with van der Waals surface area (Å²) in [5.74, 6) is 0. The zero-order valence-electron chi connectivity index (χ0n) is 10.4. The maximum absolute atomic E-state index is 10.6. The normalized spacial score (nSPS) is 17.3. The highest BCUT2D eigenvalue weighted by Crippen LogP contribution is 2.21. The third-order valence-corrected chi connectivity index (χ3v) is 3.09. The number of nitrogens with one attached hydrogen (secondary N) is 1. The Bertz CT molecular complexity index is 416. The minimum Gasteiger partial charge on any atom is -0.465 e. The summed E-state index contributed by atoms with van der Waals surface area (Å²) < 4.78 is 5.32. The summed E-state index contributed by atoms with van der Waals surface area (Å²) in [7, 11) is 0. The lowest BCUT2D eigenvalue weighted by Crippen LogP contribution is -2.36. The van der Waals surface area contributed by atoms with E-state index in [1.54, 1.807) is 0 Å². The van der Waals surface area contributed by atoms with Crippen molar-refractivity contribution in [2.24, 2.45) is 0 Å². The molecule has 1 aliphatic rings. The molecule has 1 aliphatic heterocycles. The Morgan fingerprint density at radius 2 is 2.17 bits per heavy atom. The van der Waals surface area contributed by atoms with Crippen LogP contribution < -0.4 is 10.2 Å². The van der Waals surface area contributed by atoms with Gasteiger partial charge >= 0.3 is 6.09 Å². The Labute approximate surface area is 106 Å². The summed E-state index contributed by atoms with van der Waals surface area (Å²) in [6, 6.07) is 7.77. The first-order valence-electron chi connectivity index (χ1n) is 6.09. The third kappa shape index (κ3) is 3.13. The van der Waals surface area contributed by atoms with E-state index in [-0.39, 0.29) is 6.04 Å². The Balaban J connectivity index is 2.11. The quantitative estimate of drug-likeness (QED) is 0.859. The van der Waals surface area contributed by atoms with Gasteiger partial charge in [0.05, 0.1) is 19.3 Å². The van der Waals surface area contributed by atoms with E-state index < -0.39 is 6.09 Å². The molecular formula is C13H18N2O3. The average molecular weight is 250 g/mol. The number of rotatable bonds is 3. The van der Waals surface area contributed by atoms with Crippen LogP contribution in [0.2, 0.25) is 0 Å². The van der Waals surface area contributed by atoms with Gasteiger partial charge in [0.15, 0.2) is 0 Å². The Morgan fingerprint density at radius 3 is 2.83 bits per heavy atom. The molecule has 1 amide bonds. The number of morpholine rings is 1. The molecule has 18 heavy (non-hydrogen) atoms. The van der Waals surface area contributed by atoms with E-state index in [0.717, 1.165) is 37.6 Å². The molecule has 0 aromatic heterocycles. The highest BCUT2D eigenvalue weighted by atomic mass is 16.5. The standard InChI is InChI=1S/C13H18N2O3/c1-10(14-13(16)17)11-3-2-4-12(9-11)15-5-7-18-8-6-15/h2-4,9-10,14H,5-8H2,1H3,(H,16,17). The predicted molar refractivity (Wildman–Crippen MR) is 69.0 cm³/mol. The van der Waals surface area contributed by atoms with Crippen molar-refractivity contribution in [2.45, 2.75) is 13.0 Å². The summed E-state index contributed by atoms with van der Waals surface area (Å²) in [6.07, 6.45) is -1.00. The van der Waals surface area contributed by atoms with Crippen LogP contribution in [0.15, 0.2) is 24.3 Å². The SMILES string of the molecule is CC(NC(=O)O)c1cccc(N2CCOCC2)c1. The van der Waals surface area contributed by atoms with Crippen molar-refractivity contribution < 1.29 is 14.6 Å². The van der Waals surface area contributed by atoms with E-state index in [0.29, 0.717) is 0 Å². The van der Waals surface area contributed by atoms with Crippen molar-refractivity contribution in [3.05, 3.63) is 29.8 Å². The van der Waals surface area contributed by atoms with E-state index in [1.807, 2.05) is 31.2 Å². The van der Waals surface area contributed by atoms with Gasteiger partial charge in [-0.2, -0.15) is 0 Å². The monoisotopic (exact) mass is 250 g/mol. The van der Waals surface area contributed by atoms with Crippen LogP contribution in [0.25, 0.3) is 0 Å². The summed E-state index contributed by atoms with van der Waals surface area (Å²) >= 11 is 0. The molecule has 1 heterocycles. The molecule has 1 aromatic rings. The number of ether oxygens (including phenoxy) is 1. The van der Waals surface area contributed by atoms with Crippen LogP contribution in [0, 0.1) is 0 Å². The van der Waals surface area contributed by atoms with Gasteiger partial charge in [0.25, 0.3) is 0 Å². The topological polar surface area (TPSA) is 61.8 Å². The van der Waals surface area contributed by atoms with E-state index in [1.165, 1.54) is 0 Å². The lowest BCUT2D eigenvalue weighted by Gasteiger charge is -2.29. The third-order valence-electron chi connectivity index (χ3n) is 3.09.